The van der Waals surface area contributed by atoms with E-state index in [0.29, 0.717) is 56.8 Å². The zero-order valence-electron chi connectivity index (χ0n) is 19.9. The van der Waals surface area contributed by atoms with Crippen LogP contribution < -0.4 is 10.6 Å². The molecule has 2 rings (SSSR count). The van der Waals surface area contributed by atoms with Gasteiger partial charge in [-0.1, -0.05) is 0 Å². The van der Waals surface area contributed by atoms with Gasteiger partial charge in [-0.2, -0.15) is 0 Å². The number of ether oxygens (including phenoxy) is 4. The highest BCUT2D eigenvalue weighted by Crippen LogP contribution is 2.12. The van der Waals surface area contributed by atoms with Crippen LogP contribution in [0.2, 0.25) is 0 Å². The number of carbonyl (C=O) groups is 6. The van der Waals surface area contributed by atoms with Crippen LogP contribution in [0.3, 0.4) is 0 Å². The Hall–Kier alpha value is -3.20. The highest BCUT2D eigenvalue weighted by atomic mass is 16.7. The van der Waals surface area contributed by atoms with E-state index in [9.17, 15) is 28.8 Å². The molecule has 0 radical (unpaired) electrons. The molecule has 0 aliphatic carbocycles. The Morgan fingerprint density at radius 2 is 1.36 bits per heavy atom. The molecule has 14 nitrogen and oxygen atoms in total. The summed E-state index contributed by atoms with van der Waals surface area (Å²) < 4.78 is 21.2. The number of nitrogens with zero attached hydrogens (tertiary/aromatic N) is 1. The molecule has 5 amide bonds. The summed E-state index contributed by atoms with van der Waals surface area (Å²) in [5.74, 6) is -2.92. The first-order valence-corrected chi connectivity index (χ1v) is 11.6. The monoisotopic (exact) mass is 513 g/mol. The summed E-state index contributed by atoms with van der Waals surface area (Å²) in [6.45, 7) is 2.66. The van der Waals surface area contributed by atoms with Crippen molar-refractivity contribution >= 4 is 35.5 Å². The molecule has 0 atom stereocenters. The molecule has 1 fully saturated rings. The van der Waals surface area contributed by atoms with E-state index in [1.54, 1.807) is 0 Å². The lowest BCUT2D eigenvalue weighted by molar-refractivity contribution is -0.198. The molecule has 2 heterocycles. The van der Waals surface area contributed by atoms with E-state index < -0.39 is 29.6 Å². The summed E-state index contributed by atoms with van der Waals surface area (Å²) in [6.07, 6.45) is 1.51. The third kappa shape index (κ3) is 11.5. The van der Waals surface area contributed by atoms with Crippen LogP contribution in [0.1, 0.15) is 32.1 Å². The zero-order valence-corrected chi connectivity index (χ0v) is 19.9. The third-order valence-electron chi connectivity index (χ3n) is 4.79. The van der Waals surface area contributed by atoms with E-state index in [1.807, 2.05) is 0 Å². The van der Waals surface area contributed by atoms with Gasteiger partial charge < -0.3 is 29.1 Å². The van der Waals surface area contributed by atoms with Crippen molar-refractivity contribution < 1.29 is 52.6 Å². The lowest BCUT2D eigenvalue weighted by Gasteiger charge is -2.12. The summed E-state index contributed by atoms with van der Waals surface area (Å²) in [5.41, 5.74) is 0.300. The zero-order chi connectivity index (χ0) is 26.2. The Morgan fingerprint density at radius 1 is 0.806 bits per heavy atom. The maximum absolute atomic E-state index is 11.7. The molecule has 0 aromatic rings. The maximum atomic E-state index is 11.7. The number of rotatable bonds is 19. The minimum Gasteiger partial charge on any atom is -0.378 e. The van der Waals surface area contributed by atoms with Crippen molar-refractivity contribution in [3.8, 4) is 0 Å². The van der Waals surface area contributed by atoms with Crippen LogP contribution in [0, 0.1) is 0 Å². The number of amides is 5. The fourth-order valence-corrected chi connectivity index (χ4v) is 2.96. The quantitative estimate of drug-likeness (QED) is 0.152. The Bertz CT molecular complexity index is 827. The molecule has 0 bridgehead atoms. The number of hydrogen-bond donors (Lipinski definition) is 2. The second-order valence-electron chi connectivity index (χ2n) is 7.58. The SMILES string of the molecule is O=C1C=C(CCC(=O)NCCOCCOCCOCCOCCC(=O)ON2C(=O)CCC2=O)C(=O)N1. The van der Waals surface area contributed by atoms with Gasteiger partial charge in [-0.15, -0.1) is 5.06 Å². The van der Waals surface area contributed by atoms with E-state index in [4.69, 9.17) is 23.8 Å². The van der Waals surface area contributed by atoms with Crippen molar-refractivity contribution in [1.82, 2.24) is 15.7 Å². The van der Waals surface area contributed by atoms with E-state index in [-0.39, 0.29) is 51.2 Å². The van der Waals surface area contributed by atoms with Gasteiger partial charge in [0.15, 0.2) is 0 Å². The van der Waals surface area contributed by atoms with Crippen LogP contribution in [0.25, 0.3) is 0 Å². The second kappa shape index (κ2) is 16.5. The molecule has 0 aromatic heterocycles. The van der Waals surface area contributed by atoms with Crippen LogP contribution in [-0.2, 0) is 52.6 Å². The predicted molar refractivity (Wildman–Crippen MR) is 119 cm³/mol. The van der Waals surface area contributed by atoms with Gasteiger partial charge in [0, 0.05) is 37.5 Å². The molecular formula is C22H31N3O11. The van der Waals surface area contributed by atoms with Crippen molar-refractivity contribution in [3.63, 3.8) is 0 Å². The van der Waals surface area contributed by atoms with Gasteiger partial charge in [0.2, 0.25) is 5.91 Å². The standard InChI is InChI=1S/C22H31N3O11/c26-17(2-1-16-15-18(27)24-22(16)31)23-6-8-33-10-12-35-14-13-34-11-9-32-7-5-21(30)36-25-19(28)3-4-20(25)29/h15H,1-14H2,(H,23,26)(H,24,27,31). The molecule has 1 saturated heterocycles. The average molecular weight is 514 g/mol. The molecule has 2 aliphatic heterocycles. The van der Waals surface area contributed by atoms with Crippen LogP contribution in [0.4, 0.5) is 0 Å². The van der Waals surface area contributed by atoms with E-state index in [1.165, 1.54) is 6.08 Å². The van der Waals surface area contributed by atoms with Crippen molar-refractivity contribution in [2.24, 2.45) is 0 Å². The fourth-order valence-electron chi connectivity index (χ4n) is 2.96. The highest BCUT2D eigenvalue weighted by molar-refractivity contribution is 6.16. The van der Waals surface area contributed by atoms with Crippen LogP contribution >= 0.6 is 0 Å². The van der Waals surface area contributed by atoms with Crippen molar-refractivity contribution in [2.75, 3.05) is 59.4 Å². The van der Waals surface area contributed by atoms with Crippen LogP contribution in [0.15, 0.2) is 11.6 Å². The van der Waals surface area contributed by atoms with E-state index >= 15 is 0 Å². The average Bonchev–Trinajstić information content (AvgIpc) is 3.34. The van der Waals surface area contributed by atoms with Crippen molar-refractivity contribution in [2.45, 2.75) is 32.1 Å². The number of carbonyl (C=O) groups excluding carboxylic acids is 6. The smallest absolute Gasteiger partial charge is 0.335 e. The number of hydroxylamine groups is 2. The van der Waals surface area contributed by atoms with Gasteiger partial charge in [-0.05, 0) is 6.42 Å². The van der Waals surface area contributed by atoms with Gasteiger partial charge in [-0.25, -0.2) is 4.79 Å². The Kier molecular flexibility index (Phi) is 13.3. The topological polar surface area (TPSA) is 176 Å². The third-order valence-corrected chi connectivity index (χ3v) is 4.79. The molecule has 0 unspecified atom stereocenters. The lowest BCUT2D eigenvalue weighted by atomic mass is 10.1. The molecule has 0 saturated carbocycles. The number of imide groups is 2. The summed E-state index contributed by atoms with van der Waals surface area (Å²) >= 11 is 0. The lowest BCUT2D eigenvalue weighted by Crippen LogP contribution is -2.32. The Labute approximate surface area is 207 Å². The minimum absolute atomic E-state index is 0.0470. The predicted octanol–water partition coefficient (Wildman–Crippen LogP) is -1.47. The first-order valence-electron chi connectivity index (χ1n) is 11.6. The van der Waals surface area contributed by atoms with Crippen molar-refractivity contribution in [1.29, 1.82) is 0 Å². The fraction of sp³-hybridized carbons (Fsp3) is 0.636. The molecule has 200 valence electrons. The Morgan fingerprint density at radius 3 is 1.92 bits per heavy atom. The maximum Gasteiger partial charge on any atom is 0.335 e. The van der Waals surface area contributed by atoms with E-state index in [0.717, 1.165) is 0 Å². The van der Waals surface area contributed by atoms with Crippen LogP contribution in [-0.4, -0.2) is 100.0 Å². The molecule has 36 heavy (non-hydrogen) atoms. The first-order chi connectivity index (χ1) is 17.4. The van der Waals surface area contributed by atoms with Gasteiger partial charge in [0.1, 0.15) is 0 Å². The molecule has 0 aromatic carbocycles. The minimum atomic E-state index is -0.719. The molecule has 14 heteroatoms. The van der Waals surface area contributed by atoms with Gasteiger partial charge >= 0.3 is 5.97 Å². The van der Waals surface area contributed by atoms with Gasteiger partial charge in [-0.3, -0.25) is 29.3 Å². The Balaban J connectivity index is 1.29. The van der Waals surface area contributed by atoms with Crippen LogP contribution in [0.5, 0.6) is 0 Å². The summed E-state index contributed by atoms with van der Waals surface area (Å²) in [5, 5.41) is 5.29. The van der Waals surface area contributed by atoms with Gasteiger partial charge in [0.25, 0.3) is 23.6 Å². The molecule has 2 N–H and O–H groups in total. The first kappa shape index (κ1) is 29.0. The summed E-state index contributed by atoms with van der Waals surface area (Å²) in [4.78, 5) is 73.1. The number of nitrogens with one attached hydrogen (secondary N) is 2. The second-order valence-corrected chi connectivity index (χ2v) is 7.58. The summed E-state index contributed by atoms with van der Waals surface area (Å²) in [6, 6.07) is 0. The molecular weight excluding hydrogens is 482 g/mol. The van der Waals surface area contributed by atoms with E-state index in [2.05, 4.69) is 10.6 Å². The largest absolute Gasteiger partial charge is 0.378 e. The summed E-state index contributed by atoms with van der Waals surface area (Å²) in [7, 11) is 0. The number of hydrogen-bond acceptors (Lipinski definition) is 11. The molecule has 0 spiro atoms. The normalized spacial score (nSPS) is 15.3. The highest BCUT2D eigenvalue weighted by Gasteiger charge is 2.32. The van der Waals surface area contributed by atoms with Gasteiger partial charge in [0.05, 0.1) is 59.3 Å². The molecule has 2 aliphatic rings. The van der Waals surface area contributed by atoms with Crippen molar-refractivity contribution in [3.05, 3.63) is 11.6 Å².